The molecule has 31 heavy (non-hydrogen) atoms. The molecule has 1 amide bonds. The number of amides is 1. The zero-order chi connectivity index (χ0) is 22.8. The molecule has 0 aliphatic heterocycles. The Hall–Kier alpha value is -3.88. The van der Waals surface area contributed by atoms with Crippen LogP contribution in [0.2, 0.25) is 0 Å². The summed E-state index contributed by atoms with van der Waals surface area (Å²) in [6.07, 6.45) is 0.576. The van der Waals surface area contributed by atoms with Crippen LogP contribution in [0.4, 0.5) is 5.69 Å². The van der Waals surface area contributed by atoms with E-state index in [0.717, 1.165) is 0 Å². The van der Waals surface area contributed by atoms with Gasteiger partial charge in [-0.2, -0.15) is 0 Å². The average Bonchev–Trinajstić information content (AvgIpc) is 2.75. The molecule has 0 saturated heterocycles. The fourth-order valence-electron chi connectivity index (χ4n) is 2.64. The third-order valence-corrected chi connectivity index (χ3v) is 4.12. The Labute approximate surface area is 178 Å². The number of benzene rings is 2. The lowest BCUT2D eigenvalue weighted by atomic mass is 10.1. The molecule has 0 radical (unpaired) electrons. The summed E-state index contributed by atoms with van der Waals surface area (Å²) in [6, 6.07) is 10.6. The summed E-state index contributed by atoms with van der Waals surface area (Å²) in [5.74, 6) is -2.31. The number of para-hydroxylation sites is 2. The van der Waals surface area contributed by atoms with Crippen molar-refractivity contribution in [1.29, 1.82) is 0 Å². The Kier molecular flexibility index (Phi) is 8.56. The first-order valence-electron chi connectivity index (χ1n) is 9.53. The summed E-state index contributed by atoms with van der Waals surface area (Å²) in [7, 11) is 1.28. The van der Waals surface area contributed by atoms with Crippen LogP contribution in [0.25, 0.3) is 0 Å². The molecular formula is C22H23NO8. The number of carbonyl (C=O) groups excluding carboxylic acids is 3. The number of hydrogen-bond donors (Lipinski definition) is 2. The SMILES string of the molecule is CCOC(=O)c1ccc(Oc2ccccc2NC(=O)CCCC(=O)OC)cc1C(=O)O. The van der Waals surface area contributed by atoms with E-state index in [-0.39, 0.29) is 48.0 Å². The lowest BCUT2D eigenvalue weighted by Gasteiger charge is -2.13. The molecule has 9 nitrogen and oxygen atoms in total. The van der Waals surface area contributed by atoms with Gasteiger partial charge in [-0.3, -0.25) is 9.59 Å². The Bertz CT molecular complexity index is 970. The molecule has 2 N–H and O–H groups in total. The maximum absolute atomic E-state index is 12.2. The maximum Gasteiger partial charge on any atom is 0.339 e. The molecule has 2 aromatic carbocycles. The van der Waals surface area contributed by atoms with Gasteiger partial charge < -0.3 is 24.6 Å². The molecule has 0 aliphatic carbocycles. The average molecular weight is 429 g/mol. The molecule has 2 rings (SSSR count). The molecule has 0 heterocycles. The zero-order valence-electron chi connectivity index (χ0n) is 17.2. The minimum atomic E-state index is -1.30. The third-order valence-electron chi connectivity index (χ3n) is 4.12. The second-order valence-corrected chi connectivity index (χ2v) is 6.31. The van der Waals surface area contributed by atoms with Crippen molar-refractivity contribution >= 4 is 29.5 Å². The fraction of sp³-hybridized carbons (Fsp3) is 0.273. The quantitative estimate of drug-likeness (QED) is 0.548. The second kappa shape index (κ2) is 11.3. The monoisotopic (exact) mass is 429 g/mol. The highest BCUT2D eigenvalue weighted by Crippen LogP contribution is 2.31. The minimum Gasteiger partial charge on any atom is -0.478 e. The van der Waals surface area contributed by atoms with Gasteiger partial charge in [-0.1, -0.05) is 12.1 Å². The van der Waals surface area contributed by atoms with Gasteiger partial charge in [0.15, 0.2) is 5.75 Å². The summed E-state index contributed by atoms with van der Waals surface area (Å²) in [5.41, 5.74) is 0.0195. The summed E-state index contributed by atoms with van der Waals surface area (Å²) < 4.78 is 15.2. The van der Waals surface area contributed by atoms with Crippen LogP contribution in [0.5, 0.6) is 11.5 Å². The molecule has 0 atom stereocenters. The summed E-state index contributed by atoms with van der Waals surface area (Å²) in [6.45, 7) is 1.74. The smallest absolute Gasteiger partial charge is 0.339 e. The Balaban J connectivity index is 2.15. The van der Waals surface area contributed by atoms with Crippen molar-refractivity contribution < 1.29 is 38.5 Å². The van der Waals surface area contributed by atoms with Crippen LogP contribution in [0.1, 0.15) is 46.9 Å². The first-order valence-corrected chi connectivity index (χ1v) is 9.53. The molecule has 9 heteroatoms. The van der Waals surface area contributed by atoms with Gasteiger partial charge in [0.2, 0.25) is 5.91 Å². The first-order chi connectivity index (χ1) is 14.8. The van der Waals surface area contributed by atoms with Crippen molar-refractivity contribution in [3.8, 4) is 11.5 Å². The first kappa shape index (κ1) is 23.4. The molecular weight excluding hydrogens is 406 g/mol. The van der Waals surface area contributed by atoms with Crippen molar-refractivity contribution in [2.24, 2.45) is 0 Å². The van der Waals surface area contributed by atoms with E-state index in [1.165, 1.54) is 25.3 Å². The molecule has 0 saturated carbocycles. The lowest BCUT2D eigenvalue weighted by molar-refractivity contribution is -0.140. The van der Waals surface area contributed by atoms with E-state index in [0.29, 0.717) is 12.1 Å². The highest BCUT2D eigenvalue weighted by molar-refractivity contribution is 6.02. The number of anilines is 1. The van der Waals surface area contributed by atoms with E-state index in [4.69, 9.17) is 9.47 Å². The van der Waals surface area contributed by atoms with Crippen molar-refractivity contribution in [1.82, 2.24) is 0 Å². The van der Waals surface area contributed by atoms with E-state index in [9.17, 15) is 24.3 Å². The molecule has 2 aromatic rings. The number of rotatable bonds is 10. The number of carboxylic acids is 1. The Morgan fingerprint density at radius 2 is 1.74 bits per heavy atom. The molecule has 0 aliphatic rings. The van der Waals surface area contributed by atoms with Gasteiger partial charge in [0.25, 0.3) is 0 Å². The number of hydrogen-bond acceptors (Lipinski definition) is 7. The van der Waals surface area contributed by atoms with Crippen molar-refractivity contribution in [3.63, 3.8) is 0 Å². The van der Waals surface area contributed by atoms with Crippen LogP contribution in [0.15, 0.2) is 42.5 Å². The van der Waals surface area contributed by atoms with Crippen LogP contribution in [-0.4, -0.2) is 42.6 Å². The number of esters is 2. The van der Waals surface area contributed by atoms with E-state index in [1.54, 1.807) is 31.2 Å². The number of methoxy groups -OCH3 is 1. The fourth-order valence-corrected chi connectivity index (χ4v) is 2.64. The number of carboxylic acid groups (broad SMARTS) is 1. The second-order valence-electron chi connectivity index (χ2n) is 6.31. The van der Waals surface area contributed by atoms with Gasteiger partial charge in [-0.25, -0.2) is 9.59 Å². The standard InChI is InChI=1S/C22H23NO8/c1-3-30-22(28)15-12-11-14(13-16(15)21(26)27)31-18-8-5-4-7-17(18)23-19(24)9-6-10-20(25)29-2/h4-5,7-8,11-13H,3,6,9-10H2,1-2H3,(H,23,24)(H,26,27). The Morgan fingerprint density at radius 3 is 2.42 bits per heavy atom. The van der Waals surface area contributed by atoms with Crippen molar-refractivity contribution in [2.45, 2.75) is 26.2 Å². The van der Waals surface area contributed by atoms with Crippen molar-refractivity contribution in [2.75, 3.05) is 19.0 Å². The zero-order valence-corrected chi connectivity index (χ0v) is 17.2. The van der Waals surface area contributed by atoms with Crippen molar-refractivity contribution in [3.05, 3.63) is 53.6 Å². The number of carbonyl (C=O) groups is 4. The van der Waals surface area contributed by atoms with Crippen LogP contribution in [0.3, 0.4) is 0 Å². The molecule has 0 unspecified atom stereocenters. The molecule has 0 spiro atoms. The minimum absolute atomic E-state index is 0.0890. The number of nitrogens with one attached hydrogen (secondary N) is 1. The van der Waals surface area contributed by atoms with E-state index in [2.05, 4.69) is 10.1 Å². The topological polar surface area (TPSA) is 128 Å². The molecule has 0 bridgehead atoms. The van der Waals surface area contributed by atoms with Gasteiger partial charge >= 0.3 is 17.9 Å². The number of aromatic carboxylic acids is 1. The van der Waals surface area contributed by atoms with E-state index >= 15 is 0 Å². The van der Waals surface area contributed by atoms with Crippen LogP contribution in [-0.2, 0) is 19.1 Å². The van der Waals surface area contributed by atoms with E-state index in [1.807, 2.05) is 0 Å². The lowest BCUT2D eigenvalue weighted by Crippen LogP contribution is -2.13. The van der Waals surface area contributed by atoms with Gasteiger partial charge in [0.05, 0.1) is 30.5 Å². The van der Waals surface area contributed by atoms with Crippen LogP contribution < -0.4 is 10.1 Å². The Morgan fingerprint density at radius 1 is 1.00 bits per heavy atom. The van der Waals surface area contributed by atoms with Crippen LogP contribution >= 0.6 is 0 Å². The summed E-state index contributed by atoms with van der Waals surface area (Å²) in [5, 5.41) is 12.1. The predicted octanol–water partition coefficient (Wildman–Crippen LogP) is 3.64. The van der Waals surface area contributed by atoms with Gasteiger partial charge in [-0.05, 0) is 43.7 Å². The number of ether oxygens (including phenoxy) is 3. The molecule has 0 aromatic heterocycles. The molecule has 0 fully saturated rings. The normalized spacial score (nSPS) is 10.1. The van der Waals surface area contributed by atoms with Gasteiger partial charge in [0, 0.05) is 12.8 Å². The highest BCUT2D eigenvalue weighted by Gasteiger charge is 2.19. The third kappa shape index (κ3) is 6.84. The van der Waals surface area contributed by atoms with Crippen LogP contribution in [0, 0.1) is 0 Å². The maximum atomic E-state index is 12.2. The van der Waals surface area contributed by atoms with Gasteiger partial charge in [-0.15, -0.1) is 0 Å². The summed E-state index contributed by atoms with van der Waals surface area (Å²) >= 11 is 0. The molecule has 164 valence electrons. The highest BCUT2D eigenvalue weighted by atomic mass is 16.5. The van der Waals surface area contributed by atoms with Gasteiger partial charge in [0.1, 0.15) is 5.75 Å². The summed E-state index contributed by atoms with van der Waals surface area (Å²) in [4.78, 5) is 46.8. The predicted molar refractivity (Wildman–Crippen MR) is 110 cm³/mol. The largest absolute Gasteiger partial charge is 0.478 e. The van der Waals surface area contributed by atoms with E-state index < -0.39 is 17.9 Å².